The van der Waals surface area contributed by atoms with E-state index in [1.807, 2.05) is 6.92 Å². The van der Waals surface area contributed by atoms with Crippen molar-refractivity contribution in [3.8, 4) is 5.75 Å². The molecular weight excluding hydrogens is 301 g/mol. The molecule has 2 rings (SSSR count). The van der Waals surface area contributed by atoms with Crippen LogP contribution in [-0.4, -0.2) is 40.6 Å². The van der Waals surface area contributed by atoms with Gasteiger partial charge in [0.05, 0.1) is 0 Å². The topological polar surface area (TPSA) is 66.8 Å². The first kappa shape index (κ1) is 17.2. The SMILES string of the molecule is CCC(Oc1ccccc1F)C(=O)N1CCC(C)CC1C(=O)O. The van der Waals surface area contributed by atoms with Crippen LogP contribution in [0.2, 0.25) is 0 Å². The Bertz CT molecular complexity index is 577. The Morgan fingerprint density at radius 2 is 2.13 bits per heavy atom. The highest BCUT2D eigenvalue weighted by atomic mass is 19.1. The van der Waals surface area contributed by atoms with Crippen molar-refractivity contribution in [1.82, 2.24) is 4.90 Å². The summed E-state index contributed by atoms with van der Waals surface area (Å²) in [5.41, 5.74) is 0. The highest BCUT2D eigenvalue weighted by Crippen LogP contribution is 2.25. The molecule has 0 saturated carbocycles. The van der Waals surface area contributed by atoms with E-state index in [1.54, 1.807) is 13.0 Å². The molecule has 0 aliphatic carbocycles. The number of benzene rings is 1. The maximum Gasteiger partial charge on any atom is 0.326 e. The van der Waals surface area contributed by atoms with Crippen LogP contribution in [-0.2, 0) is 9.59 Å². The van der Waals surface area contributed by atoms with Gasteiger partial charge in [0.2, 0.25) is 0 Å². The van der Waals surface area contributed by atoms with Gasteiger partial charge >= 0.3 is 5.97 Å². The molecule has 126 valence electrons. The minimum Gasteiger partial charge on any atom is -0.480 e. The molecule has 1 heterocycles. The molecule has 1 fully saturated rings. The van der Waals surface area contributed by atoms with Crippen LogP contribution in [0.25, 0.3) is 0 Å². The number of aliphatic carboxylic acids is 1. The molecule has 0 radical (unpaired) electrons. The number of carbonyl (C=O) groups excluding carboxylic acids is 1. The molecule has 1 N–H and O–H groups in total. The average molecular weight is 323 g/mol. The molecule has 1 aromatic carbocycles. The van der Waals surface area contributed by atoms with Crippen molar-refractivity contribution in [3.63, 3.8) is 0 Å². The number of likely N-dealkylation sites (tertiary alicyclic amines) is 1. The predicted molar refractivity (Wildman–Crippen MR) is 82.6 cm³/mol. The predicted octanol–water partition coefficient (Wildman–Crippen LogP) is 2.69. The third kappa shape index (κ3) is 4.00. The van der Waals surface area contributed by atoms with Gasteiger partial charge in [-0.15, -0.1) is 0 Å². The number of carbonyl (C=O) groups is 2. The molecule has 1 saturated heterocycles. The Kier molecular flexibility index (Phi) is 5.58. The van der Waals surface area contributed by atoms with Gasteiger partial charge < -0.3 is 14.7 Å². The molecule has 3 unspecified atom stereocenters. The van der Waals surface area contributed by atoms with E-state index >= 15 is 0 Å². The van der Waals surface area contributed by atoms with E-state index in [1.165, 1.54) is 23.1 Å². The summed E-state index contributed by atoms with van der Waals surface area (Å²) >= 11 is 0. The zero-order chi connectivity index (χ0) is 17.0. The van der Waals surface area contributed by atoms with Gasteiger partial charge in [-0.3, -0.25) is 4.79 Å². The number of carboxylic acids is 1. The van der Waals surface area contributed by atoms with E-state index in [0.717, 1.165) is 6.42 Å². The van der Waals surface area contributed by atoms with Crippen LogP contribution in [0, 0.1) is 11.7 Å². The van der Waals surface area contributed by atoms with Crippen molar-refractivity contribution in [2.24, 2.45) is 5.92 Å². The number of amides is 1. The van der Waals surface area contributed by atoms with Crippen molar-refractivity contribution in [2.45, 2.75) is 45.3 Å². The van der Waals surface area contributed by atoms with Gasteiger partial charge in [-0.1, -0.05) is 26.0 Å². The first-order valence-electron chi connectivity index (χ1n) is 7.88. The Labute approximate surface area is 135 Å². The van der Waals surface area contributed by atoms with Gasteiger partial charge in [0.1, 0.15) is 6.04 Å². The van der Waals surface area contributed by atoms with Gasteiger partial charge in [-0.05, 0) is 37.3 Å². The number of nitrogens with zero attached hydrogens (tertiary/aromatic N) is 1. The minimum absolute atomic E-state index is 0.00459. The lowest BCUT2D eigenvalue weighted by molar-refractivity contribution is -0.156. The first-order valence-corrected chi connectivity index (χ1v) is 7.88. The Morgan fingerprint density at radius 1 is 1.43 bits per heavy atom. The second-order valence-corrected chi connectivity index (χ2v) is 5.96. The number of ether oxygens (including phenoxy) is 1. The largest absolute Gasteiger partial charge is 0.480 e. The van der Waals surface area contributed by atoms with Crippen molar-refractivity contribution < 1.29 is 23.8 Å². The van der Waals surface area contributed by atoms with Gasteiger partial charge in [0, 0.05) is 6.54 Å². The zero-order valence-electron chi connectivity index (χ0n) is 13.4. The van der Waals surface area contributed by atoms with E-state index in [2.05, 4.69) is 0 Å². The lowest BCUT2D eigenvalue weighted by Crippen LogP contribution is -2.53. The van der Waals surface area contributed by atoms with Gasteiger partial charge in [0.15, 0.2) is 17.7 Å². The summed E-state index contributed by atoms with van der Waals surface area (Å²) in [5.74, 6) is -1.68. The van der Waals surface area contributed by atoms with Crippen LogP contribution < -0.4 is 4.74 Å². The van der Waals surface area contributed by atoms with Crippen LogP contribution in [0.4, 0.5) is 4.39 Å². The molecule has 0 aromatic heterocycles. The fourth-order valence-corrected chi connectivity index (χ4v) is 2.83. The highest BCUT2D eigenvalue weighted by Gasteiger charge is 2.37. The van der Waals surface area contributed by atoms with Crippen LogP contribution in [0.3, 0.4) is 0 Å². The summed E-state index contributed by atoms with van der Waals surface area (Å²) < 4.78 is 19.2. The fourth-order valence-electron chi connectivity index (χ4n) is 2.83. The summed E-state index contributed by atoms with van der Waals surface area (Å²) in [6.07, 6.45) is 0.635. The van der Waals surface area contributed by atoms with Crippen LogP contribution >= 0.6 is 0 Å². The summed E-state index contributed by atoms with van der Waals surface area (Å²) in [5, 5.41) is 9.37. The van der Waals surface area contributed by atoms with E-state index in [0.29, 0.717) is 19.4 Å². The molecule has 0 bridgehead atoms. The van der Waals surface area contributed by atoms with Gasteiger partial charge in [-0.25, -0.2) is 9.18 Å². The number of piperidine rings is 1. The Hall–Kier alpha value is -2.11. The van der Waals surface area contributed by atoms with Crippen LogP contribution in [0.5, 0.6) is 5.75 Å². The number of hydrogen-bond acceptors (Lipinski definition) is 3. The Balaban J connectivity index is 2.15. The lowest BCUT2D eigenvalue weighted by atomic mass is 9.92. The van der Waals surface area contributed by atoms with E-state index in [9.17, 15) is 19.1 Å². The molecule has 3 atom stereocenters. The number of para-hydroxylation sites is 1. The highest BCUT2D eigenvalue weighted by molar-refractivity contribution is 5.86. The lowest BCUT2D eigenvalue weighted by Gasteiger charge is -2.37. The Morgan fingerprint density at radius 3 is 2.74 bits per heavy atom. The molecule has 1 aliphatic heterocycles. The smallest absolute Gasteiger partial charge is 0.326 e. The second-order valence-electron chi connectivity index (χ2n) is 5.96. The van der Waals surface area contributed by atoms with Crippen molar-refractivity contribution in [3.05, 3.63) is 30.1 Å². The third-order valence-electron chi connectivity index (χ3n) is 4.18. The molecular formula is C17H22FNO4. The maximum atomic E-state index is 13.7. The summed E-state index contributed by atoms with van der Waals surface area (Å²) in [6.45, 7) is 4.12. The standard InChI is InChI=1S/C17H22FNO4/c1-3-14(23-15-7-5-4-6-12(15)18)16(20)19-9-8-11(2)10-13(19)17(21)22/h4-7,11,13-14H,3,8-10H2,1-2H3,(H,21,22). The molecule has 1 aliphatic rings. The molecule has 6 heteroatoms. The number of hydrogen-bond donors (Lipinski definition) is 1. The van der Waals surface area contributed by atoms with Gasteiger partial charge in [-0.2, -0.15) is 0 Å². The molecule has 0 spiro atoms. The zero-order valence-corrected chi connectivity index (χ0v) is 13.4. The van der Waals surface area contributed by atoms with E-state index < -0.39 is 29.8 Å². The van der Waals surface area contributed by atoms with Crippen molar-refractivity contribution >= 4 is 11.9 Å². The monoisotopic (exact) mass is 323 g/mol. The molecule has 23 heavy (non-hydrogen) atoms. The normalized spacial score (nSPS) is 22.5. The maximum absolute atomic E-state index is 13.7. The number of rotatable bonds is 5. The first-order chi connectivity index (χ1) is 10.9. The fraction of sp³-hybridized carbons (Fsp3) is 0.529. The quantitative estimate of drug-likeness (QED) is 0.905. The second kappa shape index (κ2) is 7.44. The van der Waals surface area contributed by atoms with Crippen LogP contribution in [0.1, 0.15) is 33.1 Å². The summed E-state index contributed by atoms with van der Waals surface area (Å²) in [6, 6.07) is 5.04. The average Bonchev–Trinajstić information content (AvgIpc) is 2.53. The third-order valence-corrected chi connectivity index (χ3v) is 4.18. The van der Waals surface area contributed by atoms with Crippen molar-refractivity contribution in [2.75, 3.05) is 6.54 Å². The number of carboxylic acid groups (broad SMARTS) is 1. The van der Waals surface area contributed by atoms with E-state index in [-0.39, 0.29) is 11.7 Å². The summed E-state index contributed by atoms with van der Waals surface area (Å²) in [4.78, 5) is 25.5. The van der Waals surface area contributed by atoms with Crippen molar-refractivity contribution in [1.29, 1.82) is 0 Å². The van der Waals surface area contributed by atoms with Crippen LogP contribution in [0.15, 0.2) is 24.3 Å². The molecule has 1 aromatic rings. The molecule has 1 amide bonds. The van der Waals surface area contributed by atoms with E-state index in [4.69, 9.17) is 4.74 Å². The minimum atomic E-state index is -1.01. The van der Waals surface area contributed by atoms with Gasteiger partial charge in [0.25, 0.3) is 5.91 Å². The summed E-state index contributed by atoms with van der Waals surface area (Å²) in [7, 11) is 0. The molecule has 5 nitrogen and oxygen atoms in total. The number of halogens is 1.